The maximum atomic E-state index is 13.1. The van der Waals surface area contributed by atoms with Crippen molar-refractivity contribution in [2.24, 2.45) is 0 Å². The molecule has 27 heavy (non-hydrogen) atoms. The average molecular weight is 364 g/mol. The summed E-state index contributed by atoms with van der Waals surface area (Å²) in [5, 5.41) is 10.1. The zero-order chi connectivity index (χ0) is 19.0. The third-order valence-electron chi connectivity index (χ3n) is 5.96. The number of carbonyl (C=O) groups is 2. The maximum absolute atomic E-state index is 13.1. The highest BCUT2D eigenvalue weighted by Crippen LogP contribution is 2.53. The summed E-state index contributed by atoms with van der Waals surface area (Å²) in [6, 6.07) is 19.4. The second kappa shape index (κ2) is 6.82. The minimum Gasteiger partial charge on any atom is -0.394 e. The quantitative estimate of drug-likeness (QED) is 0.900. The lowest BCUT2D eigenvalue weighted by molar-refractivity contribution is -0.202. The Morgan fingerprint density at radius 1 is 1.04 bits per heavy atom. The number of aliphatic hydroxyl groups is 1. The van der Waals surface area contributed by atoms with Gasteiger partial charge in [0.05, 0.1) is 24.6 Å². The normalized spacial score (nSPS) is 22.9. The molecular formula is C22H24N2O3. The van der Waals surface area contributed by atoms with Crippen LogP contribution in [0.2, 0.25) is 0 Å². The third-order valence-corrected chi connectivity index (χ3v) is 5.96. The Labute approximate surface area is 159 Å². The number of benzene rings is 2. The Morgan fingerprint density at radius 3 is 2.19 bits per heavy atom. The van der Waals surface area contributed by atoms with Crippen molar-refractivity contribution in [1.29, 1.82) is 0 Å². The molecule has 1 spiro atoms. The summed E-state index contributed by atoms with van der Waals surface area (Å²) in [4.78, 5) is 28.5. The van der Waals surface area contributed by atoms with Crippen molar-refractivity contribution in [3.8, 4) is 0 Å². The number of likely N-dealkylation sites (tertiary alicyclic amines) is 2. The SMILES string of the molecule is CC(=O)N1CC2(C1)[C@@H](c1ccccc1)[C@H](CO)N2C(=O)Cc1ccccc1. The summed E-state index contributed by atoms with van der Waals surface area (Å²) < 4.78 is 0. The van der Waals surface area contributed by atoms with Gasteiger partial charge in [-0.15, -0.1) is 0 Å². The predicted molar refractivity (Wildman–Crippen MR) is 102 cm³/mol. The fraction of sp³-hybridized carbons (Fsp3) is 0.364. The maximum Gasteiger partial charge on any atom is 0.227 e. The number of hydrogen-bond acceptors (Lipinski definition) is 3. The molecule has 2 fully saturated rings. The van der Waals surface area contributed by atoms with Crippen LogP contribution >= 0.6 is 0 Å². The highest BCUT2D eigenvalue weighted by Gasteiger charge is 2.67. The van der Waals surface area contributed by atoms with Crippen molar-refractivity contribution < 1.29 is 14.7 Å². The summed E-state index contributed by atoms with van der Waals surface area (Å²) in [7, 11) is 0. The lowest BCUT2D eigenvalue weighted by Gasteiger charge is -2.70. The van der Waals surface area contributed by atoms with Gasteiger partial charge >= 0.3 is 0 Å². The van der Waals surface area contributed by atoms with Gasteiger partial charge in [0.25, 0.3) is 0 Å². The van der Waals surface area contributed by atoms with Crippen LogP contribution in [0.25, 0.3) is 0 Å². The van der Waals surface area contributed by atoms with Crippen molar-refractivity contribution >= 4 is 11.8 Å². The van der Waals surface area contributed by atoms with Gasteiger partial charge in [-0.25, -0.2) is 0 Å². The molecule has 2 aliphatic rings. The Bertz CT molecular complexity index is 831. The molecule has 2 atom stereocenters. The van der Waals surface area contributed by atoms with E-state index in [4.69, 9.17) is 0 Å². The van der Waals surface area contributed by atoms with Gasteiger partial charge in [0, 0.05) is 25.9 Å². The van der Waals surface area contributed by atoms with Gasteiger partial charge < -0.3 is 14.9 Å². The third kappa shape index (κ3) is 2.82. The van der Waals surface area contributed by atoms with Gasteiger partial charge in [0.1, 0.15) is 0 Å². The molecule has 0 bridgehead atoms. The van der Waals surface area contributed by atoms with E-state index in [-0.39, 0.29) is 30.4 Å². The number of carbonyl (C=O) groups excluding carboxylic acids is 2. The van der Waals surface area contributed by atoms with E-state index in [1.807, 2.05) is 65.6 Å². The smallest absolute Gasteiger partial charge is 0.227 e. The van der Waals surface area contributed by atoms with Crippen molar-refractivity contribution in [3.63, 3.8) is 0 Å². The van der Waals surface area contributed by atoms with E-state index in [0.717, 1.165) is 11.1 Å². The molecule has 0 unspecified atom stereocenters. The molecule has 0 radical (unpaired) electrons. The standard InChI is InChI=1S/C22H24N2O3/c1-16(26)23-14-22(15-23)21(18-10-6-3-7-11-18)19(13-25)24(22)20(27)12-17-8-4-2-5-9-17/h2-11,19,21,25H,12-15H2,1H3/t19-,21-/m0/s1. The van der Waals surface area contributed by atoms with Gasteiger partial charge in [-0.05, 0) is 11.1 Å². The Hall–Kier alpha value is -2.66. The molecule has 2 heterocycles. The highest BCUT2D eigenvalue weighted by atomic mass is 16.3. The first-order valence-electron chi connectivity index (χ1n) is 9.34. The van der Waals surface area contributed by atoms with Crippen LogP contribution in [0.5, 0.6) is 0 Å². The number of amides is 2. The van der Waals surface area contributed by atoms with E-state index in [9.17, 15) is 14.7 Å². The molecule has 0 aromatic heterocycles. The summed E-state index contributed by atoms with van der Waals surface area (Å²) in [6.07, 6.45) is 0.306. The first kappa shape index (κ1) is 17.7. The fourth-order valence-electron chi connectivity index (χ4n) is 4.76. The van der Waals surface area contributed by atoms with Gasteiger partial charge in [0.15, 0.2) is 0 Å². The molecule has 4 rings (SSSR count). The van der Waals surface area contributed by atoms with E-state index in [2.05, 4.69) is 0 Å². The topological polar surface area (TPSA) is 60.9 Å². The molecule has 2 amide bonds. The largest absolute Gasteiger partial charge is 0.394 e. The summed E-state index contributed by atoms with van der Waals surface area (Å²) in [5.74, 6) is 0.0741. The molecule has 1 N–H and O–H groups in total. The van der Waals surface area contributed by atoms with Gasteiger partial charge in [-0.2, -0.15) is 0 Å². The van der Waals surface area contributed by atoms with Gasteiger partial charge in [-0.3, -0.25) is 9.59 Å². The molecule has 0 saturated carbocycles. The van der Waals surface area contributed by atoms with Crippen molar-refractivity contribution in [1.82, 2.24) is 9.80 Å². The van der Waals surface area contributed by atoms with Crippen LogP contribution < -0.4 is 0 Å². The van der Waals surface area contributed by atoms with E-state index < -0.39 is 5.54 Å². The summed E-state index contributed by atoms with van der Waals surface area (Å²) in [5.41, 5.74) is 1.66. The van der Waals surface area contributed by atoms with E-state index in [1.165, 1.54) is 0 Å². The van der Waals surface area contributed by atoms with Crippen LogP contribution in [0.4, 0.5) is 0 Å². The van der Waals surface area contributed by atoms with Crippen LogP contribution in [-0.4, -0.2) is 58.0 Å². The number of nitrogens with zero attached hydrogens (tertiary/aromatic N) is 2. The zero-order valence-electron chi connectivity index (χ0n) is 15.4. The number of rotatable bonds is 4. The predicted octanol–water partition coefficient (Wildman–Crippen LogP) is 1.82. The Kier molecular flexibility index (Phi) is 4.48. The first-order valence-corrected chi connectivity index (χ1v) is 9.34. The number of hydrogen-bond donors (Lipinski definition) is 1. The Balaban J connectivity index is 1.63. The van der Waals surface area contributed by atoms with Crippen LogP contribution in [0.15, 0.2) is 60.7 Å². The first-order chi connectivity index (χ1) is 13.1. The molecule has 2 aromatic rings. The van der Waals surface area contributed by atoms with Gasteiger partial charge in [0.2, 0.25) is 11.8 Å². The van der Waals surface area contributed by atoms with Crippen molar-refractivity contribution in [3.05, 3.63) is 71.8 Å². The molecule has 0 aliphatic carbocycles. The molecular weight excluding hydrogens is 340 g/mol. The molecule has 5 nitrogen and oxygen atoms in total. The molecule has 2 saturated heterocycles. The van der Waals surface area contributed by atoms with E-state index in [0.29, 0.717) is 19.5 Å². The van der Waals surface area contributed by atoms with Crippen molar-refractivity contribution in [2.75, 3.05) is 19.7 Å². The lowest BCUT2D eigenvalue weighted by Crippen LogP contribution is -2.86. The average Bonchev–Trinajstić information content (AvgIpc) is 2.61. The van der Waals surface area contributed by atoms with Crippen molar-refractivity contribution in [2.45, 2.75) is 30.8 Å². The summed E-state index contributed by atoms with van der Waals surface area (Å²) >= 11 is 0. The molecule has 2 aliphatic heterocycles. The van der Waals surface area contributed by atoms with E-state index in [1.54, 1.807) is 11.8 Å². The molecule has 140 valence electrons. The monoisotopic (exact) mass is 364 g/mol. The zero-order valence-corrected chi connectivity index (χ0v) is 15.4. The highest BCUT2D eigenvalue weighted by molar-refractivity contribution is 5.83. The second-order valence-corrected chi connectivity index (χ2v) is 7.54. The number of aliphatic hydroxyl groups excluding tert-OH is 1. The van der Waals surface area contributed by atoms with Gasteiger partial charge in [-0.1, -0.05) is 60.7 Å². The fourth-order valence-corrected chi connectivity index (χ4v) is 4.76. The Morgan fingerprint density at radius 2 is 1.63 bits per heavy atom. The molecule has 5 heteroatoms. The van der Waals surface area contributed by atoms with Crippen LogP contribution in [-0.2, 0) is 16.0 Å². The van der Waals surface area contributed by atoms with Crippen LogP contribution in [0.1, 0.15) is 24.0 Å². The van der Waals surface area contributed by atoms with E-state index >= 15 is 0 Å². The lowest BCUT2D eigenvalue weighted by atomic mass is 9.60. The van der Waals surface area contributed by atoms with Crippen LogP contribution in [0.3, 0.4) is 0 Å². The second-order valence-electron chi connectivity index (χ2n) is 7.54. The minimum atomic E-state index is -0.410. The molecule has 2 aromatic carbocycles. The summed E-state index contributed by atoms with van der Waals surface area (Å²) in [6.45, 7) is 2.53. The van der Waals surface area contributed by atoms with Crippen LogP contribution in [0, 0.1) is 0 Å². The minimum absolute atomic E-state index is 0.00985.